The molecule has 1 saturated carbocycles. The first-order chi connectivity index (χ1) is 14.0. The Morgan fingerprint density at radius 2 is 2.03 bits per heavy atom. The lowest BCUT2D eigenvalue weighted by molar-refractivity contribution is 0.100. The minimum Gasteiger partial charge on any atom is -0.365 e. The summed E-state index contributed by atoms with van der Waals surface area (Å²) >= 11 is 0. The van der Waals surface area contributed by atoms with E-state index in [1.807, 2.05) is 6.07 Å². The Bertz CT molecular complexity index is 1050. The van der Waals surface area contributed by atoms with Crippen molar-refractivity contribution in [3.8, 4) is 0 Å². The van der Waals surface area contributed by atoms with Crippen molar-refractivity contribution in [2.45, 2.75) is 37.8 Å². The molecule has 0 radical (unpaired) electrons. The van der Waals surface area contributed by atoms with Gasteiger partial charge in [-0.15, -0.1) is 0 Å². The van der Waals surface area contributed by atoms with Crippen molar-refractivity contribution in [3.05, 3.63) is 48.2 Å². The van der Waals surface area contributed by atoms with Gasteiger partial charge in [0.05, 0.1) is 23.0 Å². The van der Waals surface area contributed by atoms with Gasteiger partial charge in [-0.2, -0.15) is 0 Å². The number of primary amides is 1. The van der Waals surface area contributed by atoms with Crippen LogP contribution in [0.4, 0.5) is 21.7 Å². The molecule has 4 rings (SSSR count). The number of hydrogen-bond donors (Lipinski definition) is 4. The normalized spacial score (nSPS) is 19.1. The van der Waals surface area contributed by atoms with E-state index < -0.39 is 11.7 Å². The lowest BCUT2D eigenvalue weighted by Gasteiger charge is -2.30. The van der Waals surface area contributed by atoms with Crippen LogP contribution in [0.15, 0.2) is 36.8 Å². The number of carbonyl (C=O) groups is 1. The zero-order valence-corrected chi connectivity index (χ0v) is 15.7. The average molecular weight is 395 g/mol. The fourth-order valence-corrected chi connectivity index (χ4v) is 3.61. The number of carbonyl (C=O) groups excluding carboxylic acids is 1. The SMILES string of the molecule is NC(=O)c1cc(F)c(N[C@@H]2CCCC[C@@H]2N)nc1Nc1cncc2cccnc12. The van der Waals surface area contributed by atoms with E-state index in [-0.39, 0.29) is 29.3 Å². The molecular formula is C20H22FN7O. The number of hydrogen-bond acceptors (Lipinski definition) is 7. The van der Waals surface area contributed by atoms with Crippen LogP contribution in [-0.2, 0) is 0 Å². The van der Waals surface area contributed by atoms with Crippen molar-refractivity contribution in [1.29, 1.82) is 0 Å². The highest BCUT2D eigenvalue weighted by Crippen LogP contribution is 2.28. The molecule has 0 bridgehead atoms. The molecule has 6 N–H and O–H groups in total. The maximum Gasteiger partial charge on any atom is 0.252 e. The average Bonchev–Trinajstić information content (AvgIpc) is 2.72. The predicted molar refractivity (Wildman–Crippen MR) is 109 cm³/mol. The topological polar surface area (TPSA) is 132 Å². The summed E-state index contributed by atoms with van der Waals surface area (Å²) in [5, 5.41) is 6.94. The molecule has 1 aliphatic rings. The third-order valence-corrected chi connectivity index (χ3v) is 5.15. The van der Waals surface area contributed by atoms with Crippen molar-refractivity contribution < 1.29 is 9.18 Å². The molecule has 1 amide bonds. The van der Waals surface area contributed by atoms with Crippen LogP contribution in [0.2, 0.25) is 0 Å². The Labute approximate surface area is 166 Å². The van der Waals surface area contributed by atoms with Gasteiger partial charge in [-0.05, 0) is 31.0 Å². The lowest BCUT2D eigenvalue weighted by atomic mass is 9.91. The fourth-order valence-electron chi connectivity index (χ4n) is 3.61. The van der Waals surface area contributed by atoms with Crippen molar-refractivity contribution in [2.24, 2.45) is 11.5 Å². The summed E-state index contributed by atoms with van der Waals surface area (Å²) in [6.07, 6.45) is 8.68. The first-order valence-electron chi connectivity index (χ1n) is 9.51. The second kappa shape index (κ2) is 7.96. The molecular weight excluding hydrogens is 373 g/mol. The van der Waals surface area contributed by atoms with Gasteiger partial charge < -0.3 is 22.1 Å². The summed E-state index contributed by atoms with van der Waals surface area (Å²) in [5.74, 6) is -1.29. The van der Waals surface area contributed by atoms with Gasteiger partial charge in [-0.1, -0.05) is 12.8 Å². The maximum atomic E-state index is 14.6. The van der Waals surface area contributed by atoms with Crippen LogP contribution >= 0.6 is 0 Å². The smallest absolute Gasteiger partial charge is 0.252 e. The number of nitrogens with one attached hydrogen (secondary N) is 2. The fraction of sp³-hybridized carbons (Fsp3) is 0.300. The molecule has 3 heterocycles. The summed E-state index contributed by atoms with van der Waals surface area (Å²) in [6, 6.07) is 4.59. The second-order valence-electron chi connectivity index (χ2n) is 7.17. The lowest BCUT2D eigenvalue weighted by Crippen LogP contribution is -2.43. The van der Waals surface area contributed by atoms with Crippen LogP contribution in [0, 0.1) is 5.82 Å². The summed E-state index contributed by atoms with van der Waals surface area (Å²) in [4.78, 5) is 24.7. The number of pyridine rings is 3. The number of amides is 1. The Kier molecular flexibility index (Phi) is 5.22. The number of halogens is 1. The summed E-state index contributed by atoms with van der Waals surface area (Å²) < 4.78 is 14.6. The number of aromatic nitrogens is 3. The van der Waals surface area contributed by atoms with Gasteiger partial charge in [0.1, 0.15) is 5.82 Å². The minimum absolute atomic E-state index is 0.0287. The van der Waals surface area contributed by atoms with E-state index in [9.17, 15) is 9.18 Å². The van der Waals surface area contributed by atoms with Crippen LogP contribution in [-0.4, -0.2) is 32.9 Å². The molecule has 150 valence electrons. The zero-order chi connectivity index (χ0) is 20.4. The molecule has 29 heavy (non-hydrogen) atoms. The van der Waals surface area contributed by atoms with Crippen LogP contribution in [0.1, 0.15) is 36.0 Å². The molecule has 0 aliphatic heterocycles. The monoisotopic (exact) mass is 395 g/mol. The van der Waals surface area contributed by atoms with E-state index in [1.54, 1.807) is 24.7 Å². The van der Waals surface area contributed by atoms with Crippen molar-refractivity contribution in [1.82, 2.24) is 15.0 Å². The number of anilines is 3. The van der Waals surface area contributed by atoms with Crippen LogP contribution in [0.25, 0.3) is 10.9 Å². The van der Waals surface area contributed by atoms with Gasteiger partial charge in [0.25, 0.3) is 5.91 Å². The van der Waals surface area contributed by atoms with Gasteiger partial charge in [0.2, 0.25) is 0 Å². The van der Waals surface area contributed by atoms with Gasteiger partial charge in [0, 0.05) is 29.9 Å². The highest BCUT2D eigenvalue weighted by molar-refractivity contribution is 6.00. The van der Waals surface area contributed by atoms with Gasteiger partial charge in [-0.25, -0.2) is 9.37 Å². The largest absolute Gasteiger partial charge is 0.365 e. The molecule has 9 heteroatoms. The molecule has 3 aromatic rings. The van der Waals surface area contributed by atoms with E-state index in [1.165, 1.54) is 0 Å². The van der Waals surface area contributed by atoms with E-state index >= 15 is 0 Å². The highest BCUT2D eigenvalue weighted by atomic mass is 19.1. The van der Waals surface area contributed by atoms with Crippen molar-refractivity contribution in [2.75, 3.05) is 10.6 Å². The third-order valence-electron chi connectivity index (χ3n) is 5.15. The Hall–Kier alpha value is -3.33. The van der Waals surface area contributed by atoms with Gasteiger partial charge >= 0.3 is 0 Å². The molecule has 0 unspecified atom stereocenters. The van der Waals surface area contributed by atoms with Crippen LogP contribution < -0.4 is 22.1 Å². The van der Waals surface area contributed by atoms with Crippen LogP contribution in [0.5, 0.6) is 0 Å². The Morgan fingerprint density at radius 3 is 2.83 bits per heavy atom. The number of nitrogens with two attached hydrogens (primary N) is 2. The predicted octanol–water partition coefficient (Wildman–Crippen LogP) is 2.69. The molecule has 3 aromatic heterocycles. The van der Waals surface area contributed by atoms with E-state index in [4.69, 9.17) is 11.5 Å². The number of nitrogens with zero attached hydrogens (tertiary/aromatic N) is 3. The first kappa shape index (κ1) is 19.0. The van der Waals surface area contributed by atoms with Gasteiger partial charge in [0.15, 0.2) is 11.6 Å². The van der Waals surface area contributed by atoms with E-state index in [0.29, 0.717) is 11.2 Å². The molecule has 1 fully saturated rings. The van der Waals surface area contributed by atoms with Gasteiger partial charge in [-0.3, -0.25) is 14.8 Å². The minimum atomic E-state index is -0.791. The number of rotatable bonds is 5. The Morgan fingerprint density at radius 1 is 1.21 bits per heavy atom. The van der Waals surface area contributed by atoms with E-state index in [2.05, 4.69) is 25.6 Å². The first-order valence-corrected chi connectivity index (χ1v) is 9.51. The Balaban J connectivity index is 1.72. The second-order valence-corrected chi connectivity index (χ2v) is 7.17. The molecule has 1 aliphatic carbocycles. The number of fused-ring (bicyclic) bond motifs is 1. The van der Waals surface area contributed by atoms with Crippen LogP contribution in [0.3, 0.4) is 0 Å². The summed E-state index contributed by atoms with van der Waals surface area (Å²) in [5.41, 5.74) is 12.7. The maximum absolute atomic E-state index is 14.6. The van der Waals surface area contributed by atoms with Crippen molar-refractivity contribution >= 4 is 34.1 Å². The summed E-state index contributed by atoms with van der Waals surface area (Å²) in [7, 11) is 0. The summed E-state index contributed by atoms with van der Waals surface area (Å²) in [6.45, 7) is 0. The van der Waals surface area contributed by atoms with Crippen molar-refractivity contribution in [3.63, 3.8) is 0 Å². The standard InChI is InChI=1S/C20H22FN7O/c21-13-8-12(18(23)29)19(28-20(13)26-15-6-2-1-5-14(15)22)27-16-10-24-9-11-4-3-7-25-17(11)16/h3-4,7-10,14-15H,1-2,5-6,22H2,(H2,23,29)(H2,26,27,28)/t14-,15+/m0/s1. The zero-order valence-electron chi connectivity index (χ0n) is 15.7. The molecule has 0 spiro atoms. The molecule has 2 atom stereocenters. The molecule has 0 saturated heterocycles. The molecule has 0 aromatic carbocycles. The van der Waals surface area contributed by atoms with E-state index in [0.717, 1.165) is 37.1 Å². The highest BCUT2D eigenvalue weighted by Gasteiger charge is 2.24. The third kappa shape index (κ3) is 3.95. The molecule has 8 nitrogen and oxygen atoms in total. The quantitative estimate of drug-likeness (QED) is 0.522.